The number of aromatic nitrogens is 4. The Labute approximate surface area is 239 Å². The Hall–Kier alpha value is -3.51. The molecule has 4 fully saturated rings. The van der Waals surface area contributed by atoms with Crippen molar-refractivity contribution in [2.75, 3.05) is 37.7 Å². The molecule has 2 bridgehead atoms. The van der Waals surface area contributed by atoms with E-state index in [0.29, 0.717) is 48.5 Å². The smallest absolute Gasteiger partial charge is 0.417 e. The number of ether oxygens (including phenoxy) is 1. The fourth-order valence-corrected chi connectivity index (χ4v) is 7.80. The predicted molar refractivity (Wildman–Crippen MR) is 150 cm³/mol. The van der Waals surface area contributed by atoms with Crippen LogP contribution in [0.5, 0.6) is 6.01 Å². The number of hydrogen-bond acceptors (Lipinski definition) is 7. The molecule has 42 heavy (non-hydrogen) atoms. The average Bonchev–Trinajstić information content (AvgIpc) is 3.75. The number of rotatable bonds is 5. The van der Waals surface area contributed by atoms with E-state index in [0.717, 1.165) is 57.7 Å². The highest BCUT2D eigenvalue weighted by Gasteiger charge is 2.45. The fraction of sp³-hybridized carbons (Fsp3) is 0.500. The van der Waals surface area contributed by atoms with Crippen LogP contribution in [0.1, 0.15) is 44.1 Å². The lowest BCUT2D eigenvalue weighted by Gasteiger charge is -2.34. The van der Waals surface area contributed by atoms with Crippen molar-refractivity contribution in [1.82, 2.24) is 30.4 Å². The van der Waals surface area contributed by atoms with Crippen LogP contribution in [-0.4, -0.2) is 75.5 Å². The van der Waals surface area contributed by atoms with Gasteiger partial charge in [0.15, 0.2) is 5.82 Å². The van der Waals surface area contributed by atoms with Crippen LogP contribution < -0.4 is 15.0 Å². The van der Waals surface area contributed by atoms with E-state index in [1.165, 1.54) is 18.3 Å². The number of halogens is 4. The molecule has 0 radical (unpaired) electrons. The zero-order valence-corrected chi connectivity index (χ0v) is 23.0. The highest BCUT2D eigenvalue weighted by atomic mass is 19.4. The van der Waals surface area contributed by atoms with Gasteiger partial charge in [0.1, 0.15) is 17.9 Å². The fourth-order valence-electron chi connectivity index (χ4n) is 7.80. The third kappa shape index (κ3) is 4.13. The lowest BCUT2D eigenvalue weighted by atomic mass is 9.94. The van der Waals surface area contributed by atoms with Crippen molar-refractivity contribution in [2.24, 2.45) is 0 Å². The van der Waals surface area contributed by atoms with E-state index >= 15 is 4.39 Å². The summed E-state index contributed by atoms with van der Waals surface area (Å²) in [5, 5.41) is 10.9. The first-order valence-corrected chi connectivity index (χ1v) is 14.7. The standard InChI is InChI=1S/C30H31F4N7O/c31-25-19(24-21-13-35-39-23(21)8-7-22(24)30(32,33)34)5-6-20-26(25)37-28(42-16-29-9-1-11-41(29)12-2-10-29)38-27(20)40-14-17-3-4-18(15-40)36-17/h5-8,13,17-18,36H,1-4,9-12,14-16H2,(H,35,39)/t17-,18+. The van der Waals surface area contributed by atoms with Gasteiger partial charge in [-0.1, -0.05) is 6.07 Å². The molecule has 4 aliphatic heterocycles. The molecule has 2 atom stereocenters. The number of H-pyrrole nitrogens is 1. The second kappa shape index (κ2) is 9.50. The molecule has 4 aromatic rings. The first-order valence-electron chi connectivity index (χ1n) is 14.7. The molecule has 8 rings (SSSR count). The minimum absolute atomic E-state index is 0.0424. The normalized spacial score (nSPS) is 23.8. The monoisotopic (exact) mass is 581 g/mol. The van der Waals surface area contributed by atoms with Gasteiger partial charge in [0.05, 0.1) is 22.8 Å². The van der Waals surface area contributed by atoms with E-state index < -0.39 is 17.6 Å². The molecule has 0 amide bonds. The van der Waals surface area contributed by atoms with Crippen molar-refractivity contribution in [3.05, 3.63) is 41.8 Å². The Morgan fingerprint density at radius 2 is 1.74 bits per heavy atom. The van der Waals surface area contributed by atoms with Crippen LogP contribution in [0, 0.1) is 5.82 Å². The van der Waals surface area contributed by atoms with E-state index in [1.54, 1.807) is 6.07 Å². The summed E-state index contributed by atoms with van der Waals surface area (Å²) < 4.78 is 65.5. The van der Waals surface area contributed by atoms with Crippen LogP contribution in [0.2, 0.25) is 0 Å². The summed E-state index contributed by atoms with van der Waals surface area (Å²) in [5.41, 5.74) is -1.10. The second-order valence-corrected chi connectivity index (χ2v) is 12.2. The number of anilines is 1. The van der Waals surface area contributed by atoms with Crippen LogP contribution in [0.15, 0.2) is 30.5 Å². The van der Waals surface area contributed by atoms with Crippen molar-refractivity contribution >= 4 is 27.6 Å². The summed E-state index contributed by atoms with van der Waals surface area (Å²) in [6.45, 7) is 3.88. The molecule has 2 N–H and O–H groups in total. The van der Waals surface area contributed by atoms with Gasteiger partial charge in [0.2, 0.25) is 0 Å². The highest BCUT2D eigenvalue weighted by molar-refractivity contribution is 6.00. The maximum absolute atomic E-state index is 16.6. The van der Waals surface area contributed by atoms with Crippen molar-refractivity contribution in [3.8, 4) is 17.1 Å². The summed E-state index contributed by atoms with van der Waals surface area (Å²) in [7, 11) is 0. The van der Waals surface area contributed by atoms with Gasteiger partial charge in [-0.05, 0) is 69.8 Å². The molecule has 4 saturated heterocycles. The Bertz CT molecular complexity index is 1670. The summed E-state index contributed by atoms with van der Waals surface area (Å²) >= 11 is 0. The molecule has 6 heterocycles. The summed E-state index contributed by atoms with van der Waals surface area (Å²) in [6.07, 6.45) is 2.99. The van der Waals surface area contributed by atoms with Crippen LogP contribution in [0.3, 0.4) is 0 Å². The molecule has 8 nitrogen and oxygen atoms in total. The first kappa shape index (κ1) is 26.1. The van der Waals surface area contributed by atoms with Gasteiger partial charge in [-0.2, -0.15) is 28.2 Å². The Morgan fingerprint density at radius 3 is 2.48 bits per heavy atom. The molecule has 0 saturated carbocycles. The number of hydrogen-bond donors (Lipinski definition) is 2. The van der Waals surface area contributed by atoms with E-state index in [2.05, 4.69) is 30.3 Å². The molecule has 220 valence electrons. The molecular weight excluding hydrogens is 550 g/mol. The molecule has 0 spiro atoms. The Morgan fingerprint density at radius 1 is 0.976 bits per heavy atom. The van der Waals surface area contributed by atoms with E-state index in [9.17, 15) is 13.2 Å². The van der Waals surface area contributed by atoms with Gasteiger partial charge >= 0.3 is 12.2 Å². The van der Waals surface area contributed by atoms with Gasteiger partial charge in [-0.15, -0.1) is 0 Å². The molecule has 0 aliphatic carbocycles. The van der Waals surface area contributed by atoms with Crippen LogP contribution >= 0.6 is 0 Å². The number of piperazine rings is 1. The van der Waals surface area contributed by atoms with Crippen LogP contribution in [0.25, 0.3) is 32.9 Å². The molecule has 0 unspecified atom stereocenters. The minimum atomic E-state index is -4.69. The first-order chi connectivity index (χ1) is 20.3. The topological polar surface area (TPSA) is 82.2 Å². The highest BCUT2D eigenvalue weighted by Crippen LogP contribution is 2.44. The number of nitrogens with zero attached hydrogens (tertiary/aromatic N) is 5. The molecule has 4 aliphatic rings. The third-order valence-corrected chi connectivity index (χ3v) is 9.76. The van der Waals surface area contributed by atoms with Crippen molar-refractivity contribution < 1.29 is 22.3 Å². The van der Waals surface area contributed by atoms with Crippen molar-refractivity contribution in [1.29, 1.82) is 0 Å². The number of benzene rings is 2. The van der Waals surface area contributed by atoms with E-state index in [4.69, 9.17) is 9.72 Å². The van der Waals surface area contributed by atoms with Gasteiger partial charge < -0.3 is 15.0 Å². The van der Waals surface area contributed by atoms with Crippen molar-refractivity contribution in [3.63, 3.8) is 0 Å². The molecule has 12 heteroatoms. The average molecular weight is 582 g/mol. The van der Waals surface area contributed by atoms with Gasteiger partial charge in [-0.3, -0.25) is 10.00 Å². The minimum Gasteiger partial charge on any atom is -0.461 e. The third-order valence-electron chi connectivity index (χ3n) is 9.76. The van der Waals surface area contributed by atoms with E-state index in [1.807, 2.05) is 0 Å². The lowest BCUT2D eigenvalue weighted by Crippen LogP contribution is -2.51. The zero-order chi connectivity index (χ0) is 28.6. The van der Waals surface area contributed by atoms with Gasteiger partial charge in [0.25, 0.3) is 0 Å². The predicted octanol–water partition coefficient (Wildman–Crippen LogP) is 5.28. The quantitative estimate of drug-likeness (QED) is 0.311. The van der Waals surface area contributed by atoms with Gasteiger partial charge in [0, 0.05) is 47.1 Å². The summed E-state index contributed by atoms with van der Waals surface area (Å²) in [5.74, 6) is -0.275. The Kier molecular flexibility index (Phi) is 5.91. The maximum Gasteiger partial charge on any atom is 0.417 e. The van der Waals surface area contributed by atoms with Crippen molar-refractivity contribution in [2.45, 2.75) is 62.3 Å². The Balaban J connectivity index is 1.28. The molecular formula is C30H31F4N7O. The van der Waals surface area contributed by atoms with Crippen LogP contribution in [0.4, 0.5) is 23.4 Å². The maximum atomic E-state index is 16.6. The number of aromatic amines is 1. The van der Waals surface area contributed by atoms with Gasteiger partial charge in [-0.25, -0.2) is 4.39 Å². The number of fused-ring (bicyclic) bond motifs is 5. The van der Waals surface area contributed by atoms with E-state index in [-0.39, 0.29) is 33.6 Å². The summed E-state index contributed by atoms with van der Waals surface area (Å²) in [6, 6.07) is 6.00. The number of nitrogens with one attached hydrogen (secondary N) is 2. The zero-order valence-electron chi connectivity index (χ0n) is 23.0. The molecule has 2 aromatic heterocycles. The summed E-state index contributed by atoms with van der Waals surface area (Å²) in [4.78, 5) is 14.0. The SMILES string of the molecule is Fc1c(-c2c(C(F)(F)F)ccc3[nH]ncc23)ccc2c(N3C[C@H]4CC[C@@H](C3)N4)nc(OCC34CCCN3CCC4)nc12. The largest absolute Gasteiger partial charge is 0.461 e. The van der Waals surface area contributed by atoms with Crippen LogP contribution in [-0.2, 0) is 6.18 Å². The number of alkyl halides is 3. The molecule has 2 aromatic carbocycles. The second-order valence-electron chi connectivity index (χ2n) is 12.2. The lowest BCUT2D eigenvalue weighted by molar-refractivity contribution is -0.137.